The van der Waals surface area contributed by atoms with Crippen molar-refractivity contribution in [3.63, 3.8) is 0 Å². The van der Waals surface area contributed by atoms with Crippen LogP contribution in [0.2, 0.25) is 0 Å². The van der Waals surface area contributed by atoms with Crippen LogP contribution in [0.15, 0.2) is 48.5 Å². The van der Waals surface area contributed by atoms with Gasteiger partial charge < -0.3 is 4.74 Å². The fourth-order valence-electron chi connectivity index (χ4n) is 2.15. The normalized spacial score (nSPS) is 10.1. The summed E-state index contributed by atoms with van der Waals surface area (Å²) in [6.07, 6.45) is 0. The van der Waals surface area contributed by atoms with Gasteiger partial charge in [0.2, 0.25) is 5.95 Å². The van der Waals surface area contributed by atoms with Gasteiger partial charge in [0.05, 0.1) is 5.56 Å². The predicted octanol–water partition coefficient (Wildman–Crippen LogP) is 2.67. The van der Waals surface area contributed by atoms with Gasteiger partial charge in [0, 0.05) is 5.56 Å². The highest BCUT2D eigenvalue weighted by Gasteiger charge is 2.10. The number of hydrogen-bond donors (Lipinski definition) is 2. The maximum atomic E-state index is 12.0. The lowest BCUT2D eigenvalue weighted by Crippen LogP contribution is -2.21. The minimum atomic E-state index is -0.415. The number of para-hydroxylation sites is 1. The van der Waals surface area contributed by atoms with Crippen molar-refractivity contribution in [2.45, 2.75) is 6.92 Å². The average Bonchev–Trinajstić information content (AvgIpc) is 3.09. The van der Waals surface area contributed by atoms with Crippen molar-refractivity contribution in [1.29, 1.82) is 5.26 Å². The predicted molar refractivity (Wildman–Crippen MR) is 91.8 cm³/mol. The summed E-state index contributed by atoms with van der Waals surface area (Å²) >= 11 is 0. The van der Waals surface area contributed by atoms with Gasteiger partial charge in [-0.3, -0.25) is 15.2 Å². The van der Waals surface area contributed by atoms with Crippen LogP contribution in [0.1, 0.15) is 11.1 Å². The Morgan fingerprint density at radius 2 is 2.00 bits per heavy atom. The Morgan fingerprint density at radius 1 is 1.24 bits per heavy atom. The van der Waals surface area contributed by atoms with Crippen LogP contribution in [0, 0.1) is 18.3 Å². The number of aromatic amines is 1. The zero-order valence-electron chi connectivity index (χ0n) is 13.5. The quantitative estimate of drug-likeness (QED) is 0.747. The van der Waals surface area contributed by atoms with E-state index in [9.17, 15) is 4.79 Å². The molecule has 0 radical (unpaired) electrons. The minimum absolute atomic E-state index is 0.165. The molecule has 0 saturated carbocycles. The third-order valence-corrected chi connectivity index (χ3v) is 3.43. The smallest absolute Gasteiger partial charge is 0.264 e. The van der Waals surface area contributed by atoms with Gasteiger partial charge in [-0.05, 0) is 19.1 Å². The fourth-order valence-corrected chi connectivity index (χ4v) is 2.15. The van der Waals surface area contributed by atoms with Crippen LogP contribution >= 0.6 is 0 Å². The number of carbonyl (C=O) groups excluding carboxylic acids is 1. The SMILES string of the molecule is Cc1ccc(-c2nc(NC(=O)COc3ccccc3C#N)n[nH]2)cc1. The van der Waals surface area contributed by atoms with Gasteiger partial charge in [-0.15, -0.1) is 5.10 Å². The summed E-state index contributed by atoms with van der Waals surface area (Å²) in [6.45, 7) is 1.76. The second kappa shape index (κ2) is 7.27. The molecule has 0 aliphatic rings. The van der Waals surface area contributed by atoms with Gasteiger partial charge in [-0.2, -0.15) is 10.2 Å². The average molecular weight is 333 g/mol. The van der Waals surface area contributed by atoms with Gasteiger partial charge in [0.25, 0.3) is 5.91 Å². The zero-order valence-corrected chi connectivity index (χ0v) is 13.5. The standard InChI is InChI=1S/C18H15N5O2/c1-12-6-8-13(9-7-12)17-21-18(23-22-17)20-16(24)11-25-15-5-3-2-4-14(15)10-19/h2-9H,11H2,1H3,(H2,20,21,22,23,24). The summed E-state index contributed by atoms with van der Waals surface area (Å²) in [4.78, 5) is 16.2. The Balaban J connectivity index is 1.60. The Labute approximate surface area is 144 Å². The molecule has 1 aromatic heterocycles. The number of anilines is 1. The highest BCUT2D eigenvalue weighted by Crippen LogP contribution is 2.17. The molecule has 0 aliphatic heterocycles. The van der Waals surface area contributed by atoms with Crippen molar-refractivity contribution in [1.82, 2.24) is 15.2 Å². The summed E-state index contributed by atoms with van der Waals surface area (Å²) < 4.78 is 5.37. The molecule has 7 nitrogen and oxygen atoms in total. The van der Waals surface area contributed by atoms with E-state index in [1.54, 1.807) is 24.3 Å². The van der Waals surface area contributed by atoms with E-state index in [0.29, 0.717) is 17.1 Å². The molecule has 0 spiro atoms. The molecule has 2 N–H and O–H groups in total. The molecule has 0 unspecified atom stereocenters. The molecular weight excluding hydrogens is 318 g/mol. The van der Waals surface area contributed by atoms with E-state index >= 15 is 0 Å². The number of ether oxygens (including phenoxy) is 1. The van der Waals surface area contributed by atoms with Gasteiger partial charge in [0.15, 0.2) is 12.4 Å². The Bertz CT molecular complexity index is 925. The van der Waals surface area contributed by atoms with Crippen molar-refractivity contribution >= 4 is 11.9 Å². The van der Waals surface area contributed by atoms with Gasteiger partial charge in [-0.25, -0.2) is 0 Å². The van der Waals surface area contributed by atoms with Crippen molar-refractivity contribution in [2.24, 2.45) is 0 Å². The van der Waals surface area contributed by atoms with E-state index in [1.165, 1.54) is 0 Å². The zero-order chi connectivity index (χ0) is 17.6. The summed E-state index contributed by atoms with van der Waals surface area (Å²) in [6, 6.07) is 16.5. The third kappa shape index (κ3) is 4.00. The van der Waals surface area contributed by atoms with Crippen molar-refractivity contribution in [3.05, 3.63) is 59.7 Å². The van der Waals surface area contributed by atoms with E-state index in [1.807, 2.05) is 37.3 Å². The van der Waals surface area contributed by atoms with E-state index in [4.69, 9.17) is 10.00 Å². The second-order valence-electron chi connectivity index (χ2n) is 5.32. The van der Waals surface area contributed by atoms with Crippen molar-refractivity contribution in [3.8, 4) is 23.2 Å². The number of hydrogen-bond acceptors (Lipinski definition) is 5. The molecular formula is C18H15N5O2. The molecule has 1 heterocycles. The maximum absolute atomic E-state index is 12.0. The van der Waals surface area contributed by atoms with Gasteiger partial charge >= 0.3 is 0 Å². The highest BCUT2D eigenvalue weighted by atomic mass is 16.5. The first-order chi connectivity index (χ1) is 12.2. The topological polar surface area (TPSA) is 104 Å². The van der Waals surface area contributed by atoms with E-state index in [2.05, 4.69) is 20.5 Å². The Morgan fingerprint density at radius 3 is 2.76 bits per heavy atom. The van der Waals surface area contributed by atoms with Crippen molar-refractivity contribution < 1.29 is 9.53 Å². The lowest BCUT2D eigenvalue weighted by Gasteiger charge is -2.06. The number of carbonyl (C=O) groups is 1. The van der Waals surface area contributed by atoms with E-state index in [-0.39, 0.29) is 12.6 Å². The van der Waals surface area contributed by atoms with Crippen LogP contribution in [0.4, 0.5) is 5.95 Å². The summed E-state index contributed by atoms with van der Waals surface area (Å²) in [5.41, 5.74) is 2.39. The molecule has 3 aromatic rings. The summed E-state index contributed by atoms with van der Waals surface area (Å²) in [5, 5.41) is 18.3. The molecule has 3 rings (SSSR count). The van der Waals surface area contributed by atoms with Crippen LogP contribution < -0.4 is 10.1 Å². The molecule has 0 saturated heterocycles. The first-order valence-corrected chi connectivity index (χ1v) is 7.57. The molecule has 0 fully saturated rings. The highest BCUT2D eigenvalue weighted by molar-refractivity contribution is 5.90. The van der Waals surface area contributed by atoms with E-state index in [0.717, 1.165) is 11.1 Å². The first kappa shape index (κ1) is 16.2. The summed E-state index contributed by atoms with van der Waals surface area (Å²) in [5.74, 6) is 0.668. The van der Waals surface area contributed by atoms with Gasteiger partial charge in [0.1, 0.15) is 11.8 Å². The first-order valence-electron chi connectivity index (χ1n) is 7.57. The Kier molecular flexibility index (Phi) is 4.72. The number of amides is 1. The molecule has 0 atom stereocenters. The van der Waals surface area contributed by atoms with Crippen molar-refractivity contribution in [2.75, 3.05) is 11.9 Å². The molecule has 25 heavy (non-hydrogen) atoms. The number of rotatable bonds is 5. The lowest BCUT2D eigenvalue weighted by atomic mass is 10.1. The summed E-state index contributed by atoms with van der Waals surface area (Å²) in [7, 11) is 0. The van der Waals surface area contributed by atoms with Crippen LogP contribution in [0.3, 0.4) is 0 Å². The Hall–Kier alpha value is -3.66. The number of H-pyrrole nitrogens is 1. The number of nitrogens with zero attached hydrogens (tertiary/aromatic N) is 3. The number of aryl methyl sites for hydroxylation is 1. The number of nitrogens with one attached hydrogen (secondary N) is 2. The number of benzene rings is 2. The van der Waals surface area contributed by atoms with Crippen LogP contribution in [0.5, 0.6) is 5.75 Å². The monoisotopic (exact) mass is 333 g/mol. The molecule has 124 valence electrons. The third-order valence-electron chi connectivity index (χ3n) is 3.43. The fraction of sp³-hybridized carbons (Fsp3) is 0.111. The van der Waals surface area contributed by atoms with Crippen LogP contribution in [0.25, 0.3) is 11.4 Å². The van der Waals surface area contributed by atoms with E-state index < -0.39 is 5.91 Å². The number of nitriles is 1. The molecule has 0 bridgehead atoms. The second-order valence-corrected chi connectivity index (χ2v) is 5.32. The molecule has 7 heteroatoms. The lowest BCUT2D eigenvalue weighted by molar-refractivity contribution is -0.118. The molecule has 0 aliphatic carbocycles. The minimum Gasteiger partial charge on any atom is -0.482 e. The van der Waals surface area contributed by atoms with Crippen LogP contribution in [-0.4, -0.2) is 27.7 Å². The molecule has 2 aromatic carbocycles. The molecule has 1 amide bonds. The van der Waals surface area contributed by atoms with Crippen LogP contribution in [-0.2, 0) is 4.79 Å². The van der Waals surface area contributed by atoms with Gasteiger partial charge in [-0.1, -0.05) is 42.0 Å². The number of aromatic nitrogens is 3. The largest absolute Gasteiger partial charge is 0.482 e. The maximum Gasteiger partial charge on any atom is 0.264 e.